The zero-order chi connectivity index (χ0) is 18.1. The third kappa shape index (κ3) is 3.94. The minimum atomic E-state index is -3.27. The SMILES string of the molecule is CCCCN(C1CC(C)(C)Oc2cc(C)c(C)cc21)S(=O)(=O)CC. The van der Waals surface area contributed by atoms with Crippen LogP contribution < -0.4 is 4.74 Å². The van der Waals surface area contributed by atoms with Crippen molar-refractivity contribution in [3.63, 3.8) is 0 Å². The Morgan fingerprint density at radius 2 is 1.83 bits per heavy atom. The van der Waals surface area contributed by atoms with E-state index in [1.165, 1.54) is 11.1 Å². The van der Waals surface area contributed by atoms with E-state index in [1.807, 2.05) is 13.8 Å². The second-order valence-electron chi connectivity index (χ2n) is 7.42. The molecule has 136 valence electrons. The van der Waals surface area contributed by atoms with Crippen molar-refractivity contribution >= 4 is 10.0 Å². The molecule has 0 N–H and O–H groups in total. The molecule has 2 rings (SSSR count). The fourth-order valence-electron chi connectivity index (χ4n) is 3.30. The Morgan fingerprint density at radius 1 is 1.21 bits per heavy atom. The first kappa shape index (κ1) is 19.3. The maximum absolute atomic E-state index is 12.8. The van der Waals surface area contributed by atoms with Gasteiger partial charge in [-0.05, 0) is 58.2 Å². The van der Waals surface area contributed by atoms with Gasteiger partial charge in [-0.15, -0.1) is 0 Å². The average Bonchev–Trinajstić information content (AvgIpc) is 2.48. The van der Waals surface area contributed by atoms with Crippen LogP contribution in [0.5, 0.6) is 5.75 Å². The standard InChI is InChI=1S/C19H31NO3S/c1-7-9-10-20(24(21,22)8-2)17-13-19(5,6)23-18-12-15(4)14(3)11-16(17)18/h11-12,17H,7-10,13H2,1-6H3. The molecule has 1 aliphatic rings. The summed E-state index contributed by atoms with van der Waals surface area (Å²) in [5.74, 6) is 0.960. The largest absolute Gasteiger partial charge is 0.487 e. The van der Waals surface area contributed by atoms with Crippen LogP contribution in [0, 0.1) is 13.8 Å². The van der Waals surface area contributed by atoms with Crippen LogP contribution in [0.3, 0.4) is 0 Å². The Hall–Kier alpha value is -1.07. The van der Waals surface area contributed by atoms with E-state index in [2.05, 4.69) is 32.9 Å². The molecule has 4 nitrogen and oxygen atoms in total. The molecule has 0 fully saturated rings. The van der Waals surface area contributed by atoms with E-state index in [-0.39, 0.29) is 17.4 Å². The van der Waals surface area contributed by atoms with Crippen molar-refractivity contribution in [3.05, 3.63) is 28.8 Å². The topological polar surface area (TPSA) is 46.6 Å². The van der Waals surface area contributed by atoms with E-state index >= 15 is 0 Å². The molecule has 5 heteroatoms. The number of hydrogen-bond donors (Lipinski definition) is 0. The molecule has 0 saturated heterocycles. The van der Waals surface area contributed by atoms with Gasteiger partial charge in [0.05, 0.1) is 11.8 Å². The second-order valence-corrected chi connectivity index (χ2v) is 9.63. The molecule has 0 aliphatic carbocycles. The van der Waals surface area contributed by atoms with E-state index < -0.39 is 10.0 Å². The molecule has 1 aromatic rings. The number of aryl methyl sites for hydroxylation is 2. The van der Waals surface area contributed by atoms with Gasteiger partial charge in [0, 0.05) is 18.5 Å². The molecule has 24 heavy (non-hydrogen) atoms. The summed E-state index contributed by atoms with van der Waals surface area (Å²) in [6.45, 7) is 12.6. The van der Waals surface area contributed by atoms with Gasteiger partial charge in [-0.1, -0.05) is 19.4 Å². The highest BCUT2D eigenvalue weighted by atomic mass is 32.2. The van der Waals surface area contributed by atoms with Crippen LogP contribution >= 0.6 is 0 Å². The number of benzene rings is 1. The van der Waals surface area contributed by atoms with Crippen LogP contribution in [0.4, 0.5) is 0 Å². The van der Waals surface area contributed by atoms with Crippen LogP contribution in [0.1, 0.15) is 69.7 Å². The summed E-state index contributed by atoms with van der Waals surface area (Å²) < 4.78 is 33.4. The summed E-state index contributed by atoms with van der Waals surface area (Å²) in [6.07, 6.45) is 2.52. The highest BCUT2D eigenvalue weighted by Crippen LogP contribution is 2.44. The van der Waals surface area contributed by atoms with Crippen molar-refractivity contribution < 1.29 is 13.2 Å². The molecule has 0 spiro atoms. The molecule has 0 bridgehead atoms. The maximum Gasteiger partial charge on any atom is 0.214 e. The van der Waals surface area contributed by atoms with Gasteiger partial charge in [0.1, 0.15) is 11.4 Å². The molecule has 0 aromatic heterocycles. The summed E-state index contributed by atoms with van der Waals surface area (Å²) in [6, 6.07) is 4.00. The highest BCUT2D eigenvalue weighted by molar-refractivity contribution is 7.89. The van der Waals surface area contributed by atoms with Crippen molar-refractivity contribution in [2.75, 3.05) is 12.3 Å². The number of hydrogen-bond acceptors (Lipinski definition) is 3. The Morgan fingerprint density at radius 3 is 2.42 bits per heavy atom. The van der Waals surface area contributed by atoms with Crippen molar-refractivity contribution in [2.24, 2.45) is 0 Å². The van der Waals surface area contributed by atoms with E-state index in [0.717, 1.165) is 24.2 Å². The first-order valence-corrected chi connectivity index (χ1v) is 10.5. The molecule has 0 radical (unpaired) electrons. The van der Waals surface area contributed by atoms with Gasteiger partial charge in [0.2, 0.25) is 10.0 Å². The van der Waals surface area contributed by atoms with Gasteiger partial charge in [-0.2, -0.15) is 4.31 Å². The summed E-state index contributed by atoms with van der Waals surface area (Å²) in [5, 5.41) is 0. The monoisotopic (exact) mass is 353 g/mol. The van der Waals surface area contributed by atoms with Gasteiger partial charge in [0.25, 0.3) is 0 Å². The molecule has 1 atom stereocenters. The summed E-state index contributed by atoms with van der Waals surface area (Å²) in [4.78, 5) is 0. The zero-order valence-electron chi connectivity index (χ0n) is 15.8. The molecule has 1 unspecified atom stereocenters. The Labute approximate surface area is 147 Å². The molecule has 1 aromatic carbocycles. The van der Waals surface area contributed by atoms with Crippen molar-refractivity contribution in [3.8, 4) is 5.75 Å². The normalized spacial score (nSPS) is 19.9. The van der Waals surface area contributed by atoms with Crippen LogP contribution in [0.15, 0.2) is 12.1 Å². The number of fused-ring (bicyclic) bond motifs is 1. The molecular weight excluding hydrogens is 322 g/mol. The minimum absolute atomic E-state index is 0.134. The fraction of sp³-hybridized carbons (Fsp3) is 0.684. The lowest BCUT2D eigenvalue weighted by atomic mass is 9.88. The Balaban J connectivity index is 2.56. The smallest absolute Gasteiger partial charge is 0.214 e. The van der Waals surface area contributed by atoms with Crippen molar-refractivity contribution in [2.45, 2.75) is 72.4 Å². The van der Waals surface area contributed by atoms with Gasteiger partial charge in [-0.3, -0.25) is 0 Å². The van der Waals surface area contributed by atoms with Crippen LogP contribution in [-0.4, -0.2) is 30.6 Å². The molecule has 0 amide bonds. The third-order valence-corrected chi connectivity index (χ3v) is 6.74. The lowest BCUT2D eigenvalue weighted by Crippen LogP contribution is -2.44. The lowest BCUT2D eigenvalue weighted by molar-refractivity contribution is 0.0500. The van der Waals surface area contributed by atoms with Crippen molar-refractivity contribution in [1.29, 1.82) is 0 Å². The minimum Gasteiger partial charge on any atom is -0.487 e. The number of rotatable bonds is 6. The average molecular weight is 354 g/mol. The predicted molar refractivity (Wildman–Crippen MR) is 99.1 cm³/mol. The Bertz CT molecular complexity index is 695. The van der Waals surface area contributed by atoms with Gasteiger partial charge in [-0.25, -0.2) is 8.42 Å². The zero-order valence-corrected chi connectivity index (χ0v) is 16.7. The second kappa shape index (κ2) is 7.04. The van der Waals surface area contributed by atoms with Crippen LogP contribution in [0.2, 0.25) is 0 Å². The number of sulfonamides is 1. The molecule has 1 heterocycles. The van der Waals surface area contributed by atoms with Gasteiger partial charge >= 0.3 is 0 Å². The summed E-state index contributed by atoms with van der Waals surface area (Å²) in [7, 11) is -3.27. The fourth-order valence-corrected chi connectivity index (χ4v) is 4.62. The predicted octanol–water partition coefficient (Wildman–Crippen LogP) is 4.36. The van der Waals surface area contributed by atoms with E-state index in [1.54, 1.807) is 11.2 Å². The van der Waals surface area contributed by atoms with Crippen LogP contribution in [-0.2, 0) is 10.0 Å². The van der Waals surface area contributed by atoms with Gasteiger partial charge in [0.15, 0.2) is 0 Å². The molecular formula is C19H31NO3S. The molecule has 0 saturated carbocycles. The quantitative estimate of drug-likeness (QED) is 0.763. The van der Waals surface area contributed by atoms with Crippen LogP contribution in [0.25, 0.3) is 0 Å². The van der Waals surface area contributed by atoms with E-state index in [0.29, 0.717) is 13.0 Å². The molecule has 1 aliphatic heterocycles. The maximum atomic E-state index is 12.8. The van der Waals surface area contributed by atoms with E-state index in [9.17, 15) is 8.42 Å². The van der Waals surface area contributed by atoms with Gasteiger partial charge < -0.3 is 4.74 Å². The number of nitrogens with zero attached hydrogens (tertiary/aromatic N) is 1. The number of ether oxygens (including phenoxy) is 1. The first-order valence-electron chi connectivity index (χ1n) is 8.91. The first-order chi connectivity index (χ1) is 11.1. The van der Waals surface area contributed by atoms with E-state index in [4.69, 9.17) is 4.74 Å². The van der Waals surface area contributed by atoms with Crippen molar-refractivity contribution in [1.82, 2.24) is 4.31 Å². The summed E-state index contributed by atoms with van der Waals surface area (Å²) in [5.41, 5.74) is 2.97. The third-order valence-electron chi connectivity index (χ3n) is 4.86. The summed E-state index contributed by atoms with van der Waals surface area (Å²) >= 11 is 0. The highest BCUT2D eigenvalue weighted by Gasteiger charge is 2.40. The number of unbranched alkanes of at least 4 members (excludes halogenated alkanes) is 1. The Kier molecular flexibility index (Phi) is 5.65. The lowest BCUT2D eigenvalue weighted by Gasteiger charge is -2.42.